The fourth-order valence-corrected chi connectivity index (χ4v) is 5.49. The molecule has 17 heavy (non-hydrogen) atoms. The zero-order valence-electron chi connectivity index (χ0n) is 10.5. The van der Waals surface area contributed by atoms with Gasteiger partial charge < -0.3 is 4.43 Å². The van der Waals surface area contributed by atoms with Crippen LogP contribution in [0.1, 0.15) is 18.6 Å². The summed E-state index contributed by atoms with van der Waals surface area (Å²) in [5.41, 5.74) is 1.25. The molecule has 0 fully saturated rings. The molecule has 0 aliphatic carbocycles. The van der Waals surface area contributed by atoms with Crippen molar-refractivity contribution < 1.29 is 4.43 Å². The topological polar surface area (TPSA) is 9.23 Å². The van der Waals surface area contributed by atoms with Gasteiger partial charge in [-0.3, -0.25) is 0 Å². The third kappa shape index (κ3) is 3.06. The molecule has 0 bridgehead atoms. The van der Waals surface area contributed by atoms with Crippen molar-refractivity contribution in [3.8, 4) is 0 Å². The smallest absolute Gasteiger partial charge is 0.228 e. The average Bonchev–Trinajstić information content (AvgIpc) is 2.84. The second-order valence-electron chi connectivity index (χ2n) is 4.66. The Kier molecular flexibility index (Phi) is 3.81. The lowest BCUT2D eigenvalue weighted by molar-refractivity contribution is 0.223. The summed E-state index contributed by atoms with van der Waals surface area (Å²) in [6, 6.07) is 14.7. The first-order valence-electron chi connectivity index (χ1n) is 5.86. The third-order valence-corrected chi connectivity index (χ3v) is 7.66. The maximum absolute atomic E-state index is 6.32. The number of rotatable bonds is 4. The largest absolute Gasteiger partial charge is 0.406 e. The summed E-state index contributed by atoms with van der Waals surface area (Å²) in [6.45, 7) is 6.66. The molecule has 0 saturated heterocycles. The minimum absolute atomic E-state index is 0.167. The summed E-state index contributed by atoms with van der Waals surface area (Å²) in [6.07, 6.45) is 0.167. The SMILES string of the molecule is CC(O[Si](C)(C)c1cccs1)c1ccccc1. The molecule has 0 amide bonds. The van der Waals surface area contributed by atoms with Crippen molar-refractivity contribution in [1.29, 1.82) is 0 Å². The van der Waals surface area contributed by atoms with Gasteiger partial charge in [-0.25, -0.2) is 0 Å². The van der Waals surface area contributed by atoms with E-state index in [4.69, 9.17) is 4.43 Å². The second-order valence-corrected chi connectivity index (χ2v) is 9.76. The summed E-state index contributed by atoms with van der Waals surface area (Å²) in [4.78, 5) is 0. The monoisotopic (exact) mass is 262 g/mol. The molecule has 1 aromatic heterocycles. The van der Waals surface area contributed by atoms with Crippen molar-refractivity contribution in [2.75, 3.05) is 0 Å². The van der Waals surface area contributed by atoms with Gasteiger partial charge in [-0.15, -0.1) is 0 Å². The zero-order chi connectivity index (χ0) is 12.3. The minimum atomic E-state index is -1.75. The van der Waals surface area contributed by atoms with Gasteiger partial charge in [0.1, 0.15) is 0 Å². The first-order valence-corrected chi connectivity index (χ1v) is 9.65. The zero-order valence-corrected chi connectivity index (χ0v) is 12.3. The van der Waals surface area contributed by atoms with Crippen LogP contribution >= 0.6 is 11.3 Å². The van der Waals surface area contributed by atoms with Crippen LogP contribution in [-0.2, 0) is 4.43 Å². The Labute approximate surface area is 108 Å². The fraction of sp³-hybridized carbons (Fsp3) is 0.286. The van der Waals surface area contributed by atoms with Gasteiger partial charge in [-0.1, -0.05) is 36.4 Å². The highest BCUT2D eigenvalue weighted by Gasteiger charge is 2.29. The van der Waals surface area contributed by atoms with E-state index in [-0.39, 0.29) is 6.10 Å². The number of benzene rings is 1. The van der Waals surface area contributed by atoms with Gasteiger partial charge in [0.15, 0.2) is 0 Å². The van der Waals surface area contributed by atoms with Crippen LogP contribution in [0.15, 0.2) is 47.8 Å². The van der Waals surface area contributed by atoms with Gasteiger partial charge in [0.25, 0.3) is 0 Å². The van der Waals surface area contributed by atoms with Crippen LogP contribution in [0.4, 0.5) is 0 Å². The molecule has 1 heterocycles. The van der Waals surface area contributed by atoms with Crippen molar-refractivity contribution in [1.82, 2.24) is 0 Å². The first-order chi connectivity index (χ1) is 8.09. The molecule has 0 aliphatic heterocycles. The predicted octanol–water partition coefficient (Wildman–Crippen LogP) is 3.94. The van der Waals surface area contributed by atoms with Crippen molar-refractivity contribution in [2.45, 2.75) is 26.1 Å². The Balaban J connectivity index is 2.11. The molecule has 90 valence electrons. The van der Waals surface area contributed by atoms with Gasteiger partial charge in [-0.05, 0) is 37.0 Å². The molecule has 2 rings (SSSR count). The molecule has 2 aromatic rings. The molecule has 1 nitrogen and oxygen atoms in total. The van der Waals surface area contributed by atoms with Crippen molar-refractivity contribution in [2.24, 2.45) is 0 Å². The molecule has 1 unspecified atom stereocenters. The summed E-state index contributed by atoms with van der Waals surface area (Å²) in [5.74, 6) is 0. The Morgan fingerprint density at radius 2 is 1.76 bits per heavy atom. The quantitative estimate of drug-likeness (QED) is 0.758. The number of hydrogen-bond acceptors (Lipinski definition) is 2. The van der Waals surface area contributed by atoms with Crippen LogP contribution in [0, 0.1) is 0 Å². The summed E-state index contributed by atoms with van der Waals surface area (Å²) in [7, 11) is -1.75. The molecule has 0 saturated carbocycles. The predicted molar refractivity (Wildman–Crippen MR) is 77.4 cm³/mol. The van der Waals surface area contributed by atoms with E-state index in [0.29, 0.717) is 0 Å². The Morgan fingerprint density at radius 1 is 1.06 bits per heavy atom. The van der Waals surface area contributed by atoms with Gasteiger partial charge in [-0.2, -0.15) is 11.3 Å². The molecule has 0 aliphatic rings. The Morgan fingerprint density at radius 3 is 2.35 bits per heavy atom. The van der Waals surface area contributed by atoms with Crippen molar-refractivity contribution in [3.05, 3.63) is 53.4 Å². The van der Waals surface area contributed by atoms with E-state index in [1.54, 1.807) is 11.3 Å². The number of hydrogen-bond donors (Lipinski definition) is 0. The van der Waals surface area contributed by atoms with Crippen LogP contribution < -0.4 is 4.50 Å². The Hall–Kier alpha value is -0.903. The molecule has 1 atom stereocenters. The average molecular weight is 262 g/mol. The van der Waals surface area contributed by atoms with Gasteiger partial charge >= 0.3 is 0 Å². The summed E-state index contributed by atoms with van der Waals surface area (Å²) < 4.78 is 7.72. The highest BCUT2D eigenvalue weighted by atomic mass is 32.1. The lowest BCUT2D eigenvalue weighted by Crippen LogP contribution is -2.43. The highest BCUT2D eigenvalue weighted by molar-refractivity contribution is 7.24. The molecule has 1 aromatic carbocycles. The summed E-state index contributed by atoms with van der Waals surface area (Å²) >= 11 is 1.80. The lowest BCUT2D eigenvalue weighted by atomic mass is 10.1. The minimum Gasteiger partial charge on any atom is -0.406 e. The van der Waals surface area contributed by atoms with E-state index < -0.39 is 8.32 Å². The molecular weight excluding hydrogens is 244 g/mol. The van der Waals surface area contributed by atoms with Gasteiger partial charge in [0.05, 0.1) is 6.10 Å². The molecule has 3 heteroatoms. The molecular formula is C14H18OSSi. The van der Waals surface area contributed by atoms with Crippen molar-refractivity contribution in [3.63, 3.8) is 0 Å². The highest BCUT2D eigenvalue weighted by Crippen LogP contribution is 2.22. The first kappa shape index (κ1) is 12.6. The standard InChI is InChI=1S/C14H18OSSi/c1-12(13-8-5-4-6-9-13)15-17(2,3)14-10-7-11-16-14/h4-12H,1-3H3. The Bertz CT molecular complexity index is 450. The number of thiophene rings is 1. The van der Waals surface area contributed by atoms with Crippen LogP contribution in [0.2, 0.25) is 13.1 Å². The lowest BCUT2D eigenvalue weighted by Gasteiger charge is -2.26. The maximum Gasteiger partial charge on any atom is 0.228 e. The van der Waals surface area contributed by atoms with Crippen LogP contribution in [0.3, 0.4) is 0 Å². The third-order valence-electron chi connectivity index (χ3n) is 2.85. The van der Waals surface area contributed by atoms with E-state index in [1.807, 2.05) is 6.07 Å². The van der Waals surface area contributed by atoms with Crippen LogP contribution in [0.25, 0.3) is 0 Å². The summed E-state index contributed by atoms with van der Waals surface area (Å²) in [5, 5.41) is 2.13. The van der Waals surface area contributed by atoms with Crippen molar-refractivity contribution >= 4 is 24.2 Å². The van der Waals surface area contributed by atoms with E-state index in [2.05, 4.69) is 61.8 Å². The normalized spacial score (nSPS) is 13.6. The van der Waals surface area contributed by atoms with Crippen LogP contribution in [-0.4, -0.2) is 8.32 Å². The molecule has 0 radical (unpaired) electrons. The van der Waals surface area contributed by atoms with E-state index in [9.17, 15) is 0 Å². The van der Waals surface area contributed by atoms with Crippen LogP contribution in [0.5, 0.6) is 0 Å². The van der Waals surface area contributed by atoms with Gasteiger partial charge in [0, 0.05) is 4.50 Å². The van der Waals surface area contributed by atoms with E-state index in [0.717, 1.165) is 0 Å². The van der Waals surface area contributed by atoms with E-state index >= 15 is 0 Å². The maximum atomic E-state index is 6.32. The molecule has 0 N–H and O–H groups in total. The van der Waals surface area contributed by atoms with E-state index in [1.165, 1.54) is 10.1 Å². The fourth-order valence-electron chi connectivity index (χ4n) is 1.91. The van der Waals surface area contributed by atoms with Gasteiger partial charge in [0.2, 0.25) is 8.32 Å². The second kappa shape index (κ2) is 5.17. The molecule has 0 spiro atoms.